The Hall–Kier alpha value is -1.84. The summed E-state index contributed by atoms with van der Waals surface area (Å²) in [4.78, 5) is 22.7. The van der Waals surface area contributed by atoms with Crippen LogP contribution in [0.4, 0.5) is 0 Å². The van der Waals surface area contributed by atoms with Crippen LogP contribution in [0.2, 0.25) is 0 Å². The summed E-state index contributed by atoms with van der Waals surface area (Å²) in [5.41, 5.74) is 1.00. The molecule has 4 heteroatoms. The molecule has 0 aromatic heterocycles. The van der Waals surface area contributed by atoms with Gasteiger partial charge < -0.3 is 10.4 Å². The highest BCUT2D eigenvalue weighted by molar-refractivity contribution is 5.84. The van der Waals surface area contributed by atoms with Gasteiger partial charge in [-0.25, -0.2) is 0 Å². The van der Waals surface area contributed by atoms with Gasteiger partial charge in [0.2, 0.25) is 5.91 Å². The quantitative estimate of drug-likeness (QED) is 0.840. The second-order valence-corrected chi connectivity index (χ2v) is 4.56. The van der Waals surface area contributed by atoms with Gasteiger partial charge in [0.1, 0.15) is 0 Å². The second kappa shape index (κ2) is 6.19. The predicted octanol–water partition coefficient (Wildman–Crippen LogP) is 2.22. The van der Waals surface area contributed by atoms with Crippen molar-refractivity contribution in [3.05, 3.63) is 35.9 Å². The summed E-state index contributed by atoms with van der Waals surface area (Å²) in [5.74, 6) is -2.42. The standard InChI is InChI=1S/C14H19NO3/c1-9(10(2)14(17)18)13(16)15-11(3)12-7-5-4-6-8-12/h4-11H,1-3H3,(H,15,16)(H,17,18)/t9?,10?,11-/m0/s1. The first kappa shape index (κ1) is 14.2. The van der Waals surface area contributed by atoms with Crippen molar-refractivity contribution in [2.24, 2.45) is 11.8 Å². The summed E-state index contributed by atoms with van der Waals surface area (Å²) in [7, 11) is 0. The number of hydrogen-bond acceptors (Lipinski definition) is 2. The van der Waals surface area contributed by atoms with Crippen molar-refractivity contribution in [3.8, 4) is 0 Å². The SMILES string of the molecule is CC(C(=O)O)C(C)C(=O)N[C@@H](C)c1ccccc1. The lowest BCUT2D eigenvalue weighted by molar-refractivity contribution is -0.146. The molecular formula is C14H19NO3. The third-order valence-corrected chi connectivity index (χ3v) is 3.21. The highest BCUT2D eigenvalue weighted by Gasteiger charge is 2.26. The van der Waals surface area contributed by atoms with Crippen molar-refractivity contribution in [1.29, 1.82) is 0 Å². The minimum atomic E-state index is -0.954. The predicted molar refractivity (Wildman–Crippen MR) is 69.0 cm³/mol. The zero-order valence-electron chi connectivity index (χ0n) is 10.9. The number of carboxylic acids is 1. The van der Waals surface area contributed by atoms with E-state index < -0.39 is 17.8 Å². The summed E-state index contributed by atoms with van der Waals surface area (Å²) in [6.45, 7) is 5.05. The molecule has 1 aromatic rings. The molecule has 4 nitrogen and oxygen atoms in total. The highest BCUT2D eigenvalue weighted by atomic mass is 16.4. The Labute approximate surface area is 107 Å². The van der Waals surface area contributed by atoms with Crippen LogP contribution in [0.25, 0.3) is 0 Å². The van der Waals surface area contributed by atoms with Crippen LogP contribution in [0.15, 0.2) is 30.3 Å². The molecule has 0 saturated carbocycles. The smallest absolute Gasteiger partial charge is 0.307 e. The van der Waals surface area contributed by atoms with Crippen molar-refractivity contribution in [2.75, 3.05) is 0 Å². The molecule has 1 amide bonds. The minimum Gasteiger partial charge on any atom is -0.481 e. The molecule has 1 rings (SSSR count). The maximum atomic E-state index is 11.9. The Morgan fingerprint density at radius 1 is 1.06 bits per heavy atom. The van der Waals surface area contributed by atoms with Crippen LogP contribution in [0.5, 0.6) is 0 Å². The summed E-state index contributed by atoms with van der Waals surface area (Å²) >= 11 is 0. The van der Waals surface area contributed by atoms with E-state index in [1.165, 1.54) is 0 Å². The van der Waals surface area contributed by atoms with Crippen LogP contribution in [0.1, 0.15) is 32.4 Å². The van der Waals surface area contributed by atoms with Gasteiger partial charge in [-0.3, -0.25) is 9.59 Å². The van der Waals surface area contributed by atoms with Crippen LogP contribution >= 0.6 is 0 Å². The van der Waals surface area contributed by atoms with E-state index in [1.54, 1.807) is 13.8 Å². The van der Waals surface area contributed by atoms with Crippen molar-refractivity contribution < 1.29 is 14.7 Å². The first-order chi connectivity index (χ1) is 8.43. The number of aliphatic carboxylic acids is 1. The Kier molecular flexibility index (Phi) is 4.89. The Bertz CT molecular complexity index is 416. The summed E-state index contributed by atoms with van der Waals surface area (Å²) in [6, 6.07) is 9.45. The first-order valence-electron chi connectivity index (χ1n) is 6.01. The molecule has 0 fully saturated rings. The summed E-state index contributed by atoms with van der Waals surface area (Å²) in [5, 5.41) is 11.7. The van der Waals surface area contributed by atoms with Gasteiger partial charge in [-0.1, -0.05) is 44.2 Å². The van der Waals surface area contributed by atoms with Crippen LogP contribution in [-0.2, 0) is 9.59 Å². The Morgan fingerprint density at radius 3 is 2.11 bits per heavy atom. The first-order valence-corrected chi connectivity index (χ1v) is 6.01. The molecule has 18 heavy (non-hydrogen) atoms. The Balaban J connectivity index is 2.62. The van der Waals surface area contributed by atoms with Crippen molar-refractivity contribution in [2.45, 2.75) is 26.8 Å². The molecule has 1 aromatic carbocycles. The highest BCUT2D eigenvalue weighted by Crippen LogP contribution is 2.15. The summed E-state index contributed by atoms with van der Waals surface area (Å²) in [6.07, 6.45) is 0. The summed E-state index contributed by atoms with van der Waals surface area (Å²) < 4.78 is 0. The lowest BCUT2D eigenvalue weighted by atomic mass is 9.95. The number of carbonyl (C=O) groups is 2. The largest absolute Gasteiger partial charge is 0.481 e. The number of amides is 1. The van der Waals surface area contributed by atoms with Crippen LogP contribution in [0, 0.1) is 11.8 Å². The van der Waals surface area contributed by atoms with E-state index in [4.69, 9.17) is 5.11 Å². The molecule has 0 spiro atoms. The fourth-order valence-corrected chi connectivity index (χ4v) is 1.61. The molecule has 0 bridgehead atoms. The monoisotopic (exact) mass is 249 g/mol. The maximum absolute atomic E-state index is 11.9. The van der Waals surface area contributed by atoms with Gasteiger partial charge in [0.05, 0.1) is 12.0 Å². The minimum absolute atomic E-state index is 0.123. The number of carboxylic acid groups (broad SMARTS) is 1. The molecule has 0 aliphatic carbocycles. The molecule has 2 N–H and O–H groups in total. The molecule has 0 aliphatic heterocycles. The molecule has 0 heterocycles. The van der Waals surface area contributed by atoms with Crippen LogP contribution < -0.4 is 5.32 Å². The fourth-order valence-electron chi connectivity index (χ4n) is 1.61. The molecule has 3 atom stereocenters. The normalized spacial score (nSPS) is 15.5. The van der Waals surface area contributed by atoms with Gasteiger partial charge in [0, 0.05) is 5.92 Å². The molecule has 98 valence electrons. The average Bonchev–Trinajstić information content (AvgIpc) is 2.37. The van der Waals surface area contributed by atoms with Crippen LogP contribution in [0.3, 0.4) is 0 Å². The van der Waals surface area contributed by atoms with E-state index in [0.717, 1.165) is 5.56 Å². The maximum Gasteiger partial charge on any atom is 0.307 e. The zero-order chi connectivity index (χ0) is 13.7. The fraction of sp³-hybridized carbons (Fsp3) is 0.429. The van der Waals surface area contributed by atoms with Gasteiger partial charge in [0.25, 0.3) is 0 Å². The van der Waals surface area contributed by atoms with Crippen molar-refractivity contribution in [3.63, 3.8) is 0 Å². The van der Waals surface area contributed by atoms with Crippen LogP contribution in [-0.4, -0.2) is 17.0 Å². The van der Waals surface area contributed by atoms with Gasteiger partial charge in [-0.2, -0.15) is 0 Å². The van der Waals surface area contributed by atoms with E-state index in [2.05, 4.69) is 5.32 Å². The zero-order valence-corrected chi connectivity index (χ0v) is 10.9. The molecule has 0 saturated heterocycles. The van der Waals surface area contributed by atoms with E-state index in [1.807, 2.05) is 37.3 Å². The van der Waals surface area contributed by atoms with Gasteiger partial charge >= 0.3 is 5.97 Å². The third kappa shape index (κ3) is 3.58. The number of hydrogen-bond donors (Lipinski definition) is 2. The molecular weight excluding hydrogens is 230 g/mol. The number of nitrogens with one attached hydrogen (secondary N) is 1. The Morgan fingerprint density at radius 2 is 1.61 bits per heavy atom. The van der Waals surface area contributed by atoms with E-state index in [-0.39, 0.29) is 11.9 Å². The number of benzene rings is 1. The van der Waals surface area contributed by atoms with Gasteiger partial charge in [0.15, 0.2) is 0 Å². The van der Waals surface area contributed by atoms with Crippen molar-refractivity contribution in [1.82, 2.24) is 5.32 Å². The lowest BCUT2D eigenvalue weighted by Gasteiger charge is -2.20. The number of carbonyl (C=O) groups excluding carboxylic acids is 1. The van der Waals surface area contributed by atoms with E-state index in [0.29, 0.717) is 0 Å². The molecule has 0 aliphatic rings. The van der Waals surface area contributed by atoms with E-state index in [9.17, 15) is 9.59 Å². The average molecular weight is 249 g/mol. The van der Waals surface area contributed by atoms with Crippen molar-refractivity contribution >= 4 is 11.9 Å². The third-order valence-electron chi connectivity index (χ3n) is 3.21. The number of rotatable bonds is 5. The molecule has 2 unspecified atom stereocenters. The second-order valence-electron chi connectivity index (χ2n) is 4.56. The topological polar surface area (TPSA) is 66.4 Å². The lowest BCUT2D eigenvalue weighted by Crippen LogP contribution is -2.36. The van der Waals surface area contributed by atoms with E-state index >= 15 is 0 Å². The van der Waals surface area contributed by atoms with Gasteiger partial charge in [-0.05, 0) is 12.5 Å². The van der Waals surface area contributed by atoms with Gasteiger partial charge in [-0.15, -0.1) is 0 Å². The molecule has 0 radical (unpaired) electrons.